The number of rotatable bonds is 7. The number of aryl methyl sites for hydroxylation is 1. The van der Waals surface area contributed by atoms with Gasteiger partial charge in [0.25, 0.3) is 0 Å². The average molecular weight is 352 g/mol. The van der Waals surface area contributed by atoms with Crippen LogP contribution in [0.3, 0.4) is 0 Å². The Morgan fingerprint density at radius 2 is 1.54 bits per heavy atom. The van der Waals surface area contributed by atoms with Crippen LogP contribution in [0.5, 0.6) is 11.5 Å². The van der Waals surface area contributed by atoms with Crippen LogP contribution in [-0.4, -0.2) is 17.7 Å². The highest BCUT2D eigenvalue weighted by Crippen LogP contribution is 2.29. The molecule has 2 aromatic rings. The second-order valence-corrected chi connectivity index (χ2v) is 5.68. The maximum absolute atomic E-state index is 12.0. The van der Waals surface area contributed by atoms with Crippen LogP contribution < -0.4 is 9.47 Å². The topological polar surface area (TPSA) is 69.7 Å². The number of hydrogen-bond acceptors (Lipinski definition) is 5. The number of hydrogen-bond donors (Lipinski definition) is 0. The number of allylic oxidation sites excluding steroid dienone is 1. The predicted molar refractivity (Wildman–Crippen MR) is 97.9 cm³/mol. The molecular weight excluding hydrogens is 332 g/mol. The van der Waals surface area contributed by atoms with Gasteiger partial charge in [-0.2, -0.15) is 0 Å². The SMILES string of the molecule is CC(=O)Oc1ccc(/C=C/C(=O)CCc2ccccc2)cc1OC(C)=O. The summed E-state index contributed by atoms with van der Waals surface area (Å²) >= 11 is 0. The molecule has 134 valence electrons. The fourth-order valence-corrected chi connectivity index (χ4v) is 2.29. The molecule has 0 aromatic heterocycles. The van der Waals surface area contributed by atoms with Crippen molar-refractivity contribution in [2.45, 2.75) is 26.7 Å². The monoisotopic (exact) mass is 352 g/mol. The first-order chi connectivity index (χ1) is 12.4. The van der Waals surface area contributed by atoms with Crippen LogP contribution in [0, 0.1) is 0 Å². The van der Waals surface area contributed by atoms with Crippen LogP contribution in [0.25, 0.3) is 6.08 Å². The smallest absolute Gasteiger partial charge is 0.308 e. The fourth-order valence-electron chi connectivity index (χ4n) is 2.29. The van der Waals surface area contributed by atoms with Gasteiger partial charge >= 0.3 is 11.9 Å². The molecule has 0 N–H and O–H groups in total. The third kappa shape index (κ3) is 6.36. The predicted octanol–water partition coefficient (Wildman–Crippen LogP) is 3.75. The van der Waals surface area contributed by atoms with Crippen molar-refractivity contribution in [1.82, 2.24) is 0 Å². The normalized spacial score (nSPS) is 10.5. The Labute approximate surface area is 152 Å². The lowest BCUT2D eigenvalue weighted by Crippen LogP contribution is -2.07. The molecule has 0 heterocycles. The minimum absolute atomic E-state index is 0.00745. The largest absolute Gasteiger partial charge is 0.423 e. The highest BCUT2D eigenvalue weighted by Gasteiger charge is 2.10. The summed E-state index contributed by atoms with van der Waals surface area (Å²) in [5.41, 5.74) is 1.77. The summed E-state index contributed by atoms with van der Waals surface area (Å²) in [7, 11) is 0. The van der Waals surface area contributed by atoms with E-state index in [1.54, 1.807) is 18.2 Å². The van der Waals surface area contributed by atoms with E-state index >= 15 is 0 Å². The summed E-state index contributed by atoms with van der Waals surface area (Å²) in [5, 5.41) is 0. The second-order valence-electron chi connectivity index (χ2n) is 5.68. The van der Waals surface area contributed by atoms with E-state index in [1.807, 2.05) is 30.3 Å². The lowest BCUT2D eigenvalue weighted by molar-refractivity contribution is -0.134. The minimum Gasteiger partial charge on any atom is -0.423 e. The van der Waals surface area contributed by atoms with Gasteiger partial charge in [-0.3, -0.25) is 14.4 Å². The van der Waals surface area contributed by atoms with Crippen LogP contribution >= 0.6 is 0 Å². The molecule has 26 heavy (non-hydrogen) atoms. The number of benzene rings is 2. The van der Waals surface area contributed by atoms with Gasteiger partial charge in [0.2, 0.25) is 0 Å². The minimum atomic E-state index is -0.529. The van der Waals surface area contributed by atoms with Crippen molar-refractivity contribution in [3.8, 4) is 11.5 Å². The van der Waals surface area contributed by atoms with Crippen LogP contribution in [0.15, 0.2) is 54.6 Å². The summed E-state index contributed by atoms with van der Waals surface area (Å²) in [6, 6.07) is 14.5. The van der Waals surface area contributed by atoms with Crippen LogP contribution in [-0.2, 0) is 20.8 Å². The molecule has 0 radical (unpaired) electrons. The lowest BCUT2D eigenvalue weighted by Gasteiger charge is -2.09. The molecule has 0 unspecified atom stereocenters. The maximum atomic E-state index is 12.0. The van der Waals surface area contributed by atoms with E-state index in [2.05, 4.69) is 0 Å². The average Bonchev–Trinajstić information content (AvgIpc) is 2.60. The number of carbonyl (C=O) groups is 3. The zero-order valence-corrected chi connectivity index (χ0v) is 14.7. The zero-order valence-electron chi connectivity index (χ0n) is 14.7. The highest BCUT2D eigenvalue weighted by atomic mass is 16.6. The van der Waals surface area contributed by atoms with Gasteiger partial charge in [0.05, 0.1) is 0 Å². The van der Waals surface area contributed by atoms with Gasteiger partial charge in [0.15, 0.2) is 17.3 Å². The van der Waals surface area contributed by atoms with E-state index in [0.717, 1.165) is 5.56 Å². The van der Waals surface area contributed by atoms with Crippen molar-refractivity contribution in [2.24, 2.45) is 0 Å². The van der Waals surface area contributed by atoms with Gasteiger partial charge in [-0.15, -0.1) is 0 Å². The molecule has 0 saturated heterocycles. The first-order valence-electron chi connectivity index (χ1n) is 8.20. The third-order valence-corrected chi connectivity index (χ3v) is 3.44. The van der Waals surface area contributed by atoms with E-state index in [9.17, 15) is 14.4 Å². The molecule has 2 rings (SSSR count). The van der Waals surface area contributed by atoms with Crippen molar-refractivity contribution in [3.63, 3.8) is 0 Å². The Hall–Kier alpha value is -3.21. The van der Waals surface area contributed by atoms with Crippen molar-refractivity contribution < 1.29 is 23.9 Å². The first-order valence-corrected chi connectivity index (χ1v) is 8.20. The molecule has 0 bridgehead atoms. The Morgan fingerprint density at radius 1 is 0.885 bits per heavy atom. The maximum Gasteiger partial charge on any atom is 0.308 e. The van der Waals surface area contributed by atoms with Crippen LogP contribution in [0.2, 0.25) is 0 Å². The number of carbonyl (C=O) groups excluding carboxylic acids is 3. The molecule has 0 fully saturated rings. The number of ether oxygens (including phenoxy) is 2. The van der Waals surface area contributed by atoms with E-state index in [4.69, 9.17) is 9.47 Å². The number of esters is 2. The van der Waals surface area contributed by atoms with Gasteiger partial charge in [0, 0.05) is 20.3 Å². The van der Waals surface area contributed by atoms with Crippen molar-refractivity contribution in [1.29, 1.82) is 0 Å². The van der Waals surface area contributed by atoms with Gasteiger partial charge in [-0.25, -0.2) is 0 Å². The summed E-state index contributed by atoms with van der Waals surface area (Å²) < 4.78 is 10.1. The van der Waals surface area contributed by atoms with Gasteiger partial charge in [-0.1, -0.05) is 42.5 Å². The third-order valence-electron chi connectivity index (χ3n) is 3.44. The molecular formula is C21H20O5. The van der Waals surface area contributed by atoms with E-state index in [1.165, 1.54) is 26.0 Å². The first kappa shape index (κ1) is 19.1. The highest BCUT2D eigenvalue weighted by molar-refractivity contribution is 5.93. The Balaban J connectivity index is 2.05. The quantitative estimate of drug-likeness (QED) is 0.431. The molecule has 0 atom stereocenters. The molecule has 0 aliphatic rings. The Bertz CT molecular complexity index is 822. The molecule has 0 aliphatic carbocycles. The molecule has 0 aliphatic heterocycles. The second kappa shape index (κ2) is 9.32. The van der Waals surface area contributed by atoms with Crippen molar-refractivity contribution >= 4 is 23.8 Å². The zero-order chi connectivity index (χ0) is 18.9. The van der Waals surface area contributed by atoms with Gasteiger partial charge < -0.3 is 9.47 Å². The molecule has 0 spiro atoms. The van der Waals surface area contributed by atoms with Crippen molar-refractivity contribution in [2.75, 3.05) is 0 Å². The molecule has 5 nitrogen and oxygen atoms in total. The van der Waals surface area contributed by atoms with Crippen LogP contribution in [0.1, 0.15) is 31.4 Å². The summed E-state index contributed by atoms with van der Waals surface area (Å²) in [6.07, 6.45) is 4.20. The standard InChI is InChI=1S/C21H20O5/c1-15(22)25-20-13-10-18(14-21(20)26-16(2)23)9-12-19(24)11-8-17-6-4-3-5-7-17/h3-7,9-10,12-14H,8,11H2,1-2H3/b12-9+. The van der Waals surface area contributed by atoms with E-state index in [-0.39, 0.29) is 17.3 Å². The molecule has 0 amide bonds. The summed E-state index contributed by atoms with van der Waals surface area (Å²) in [6.45, 7) is 2.52. The lowest BCUT2D eigenvalue weighted by atomic mass is 10.1. The Kier molecular flexibility index (Phi) is 6.85. The van der Waals surface area contributed by atoms with Gasteiger partial charge in [-0.05, 0) is 35.8 Å². The van der Waals surface area contributed by atoms with E-state index in [0.29, 0.717) is 18.4 Å². The molecule has 5 heteroatoms. The fraction of sp³-hybridized carbons (Fsp3) is 0.190. The molecule has 0 saturated carbocycles. The van der Waals surface area contributed by atoms with Crippen molar-refractivity contribution in [3.05, 3.63) is 65.7 Å². The van der Waals surface area contributed by atoms with Gasteiger partial charge in [0.1, 0.15) is 0 Å². The Morgan fingerprint density at radius 3 is 2.19 bits per heavy atom. The number of ketones is 1. The molecule has 2 aromatic carbocycles. The summed E-state index contributed by atoms with van der Waals surface area (Å²) in [4.78, 5) is 34.4. The van der Waals surface area contributed by atoms with E-state index < -0.39 is 11.9 Å². The summed E-state index contributed by atoms with van der Waals surface area (Å²) in [5.74, 6) is -0.768. The van der Waals surface area contributed by atoms with Crippen LogP contribution in [0.4, 0.5) is 0 Å².